The Morgan fingerprint density at radius 1 is 1.12 bits per heavy atom. The van der Waals surface area contributed by atoms with Gasteiger partial charge in [0, 0.05) is 32.0 Å². The predicted octanol–water partition coefficient (Wildman–Crippen LogP) is 2.50. The number of amides is 1. The Morgan fingerprint density at radius 2 is 1.92 bits per heavy atom. The molecule has 1 amide bonds. The zero-order valence-corrected chi connectivity index (χ0v) is 15.5. The lowest BCUT2D eigenvalue weighted by Gasteiger charge is -2.12. The zero-order chi connectivity index (χ0) is 18.9. The van der Waals surface area contributed by atoms with Gasteiger partial charge < -0.3 is 24.8 Å². The Labute approximate surface area is 152 Å². The summed E-state index contributed by atoms with van der Waals surface area (Å²) in [5, 5.41) is 5.90. The summed E-state index contributed by atoms with van der Waals surface area (Å²) in [5.74, 6) is 1.20. The number of aryl methyl sites for hydroxylation is 1. The Bertz CT molecular complexity index is 752. The highest BCUT2D eigenvalue weighted by Crippen LogP contribution is 2.29. The lowest BCUT2D eigenvalue weighted by atomic mass is 10.2. The zero-order valence-electron chi connectivity index (χ0n) is 15.5. The van der Waals surface area contributed by atoms with Gasteiger partial charge in [-0.3, -0.25) is 4.79 Å². The van der Waals surface area contributed by atoms with Gasteiger partial charge in [-0.25, -0.2) is 9.97 Å². The van der Waals surface area contributed by atoms with Crippen LogP contribution in [-0.4, -0.2) is 50.4 Å². The third kappa shape index (κ3) is 5.32. The van der Waals surface area contributed by atoms with Crippen molar-refractivity contribution in [2.75, 3.05) is 45.1 Å². The summed E-state index contributed by atoms with van der Waals surface area (Å²) in [5.41, 5.74) is 1.50. The number of hydrogen-bond acceptors (Lipinski definition) is 7. The van der Waals surface area contributed by atoms with E-state index >= 15 is 0 Å². The second-order valence-corrected chi connectivity index (χ2v) is 5.51. The largest absolute Gasteiger partial charge is 0.497 e. The molecule has 0 radical (unpaired) electrons. The van der Waals surface area contributed by atoms with Crippen LogP contribution >= 0.6 is 0 Å². The molecule has 8 nitrogen and oxygen atoms in total. The molecule has 0 aliphatic carbocycles. The predicted molar refractivity (Wildman–Crippen MR) is 99.3 cm³/mol. The normalized spacial score (nSPS) is 10.3. The van der Waals surface area contributed by atoms with Gasteiger partial charge in [-0.05, 0) is 31.5 Å². The van der Waals surface area contributed by atoms with Crippen molar-refractivity contribution < 1.29 is 19.0 Å². The van der Waals surface area contributed by atoms with Crippen LogP contribution in [0.15, 0.2) is 24.3 Å². The van der Waals surface area contributed by atoms with E-state index in [1.807, 2.05) is 6.92 Å². The molecule has 2 N–H and O–H groups in total. The quantitative estimate of drug-likeness (QED) is 0.664. The van der Waals surface area contributed by atoms with Gasteiger partial charge in [0.25, 0.3) is 5.91 Å². The summed E-state index contributed by atoms with van der Waals surface area (Å²) in [7, 11) is 4.75. The van der Waals surface area contributed by atoms with Crippen LogP contribution in [0.5, 0.6) is 11.5 Å². The van der Waals surface area contributed by atoms with Gasteiger partial charge in [-0.1, -0.05) is 0 Å². The van der Waals surface area contributed by atoms with E-state index in [2.05, 4.69) is 20.6 Å². The molecule has 2 rings (SSSR count). The van der Waals surface area contributed by atoms with Crippen LogP contribution in [0.2, 0.25) is 0 Å². The first kappa shape index (κ1) is 19.5. The summed E-state index contributed by atoms with van der Waals surface area (Å²) in [6, 6.07) is 6.79. The molecular formula is C18H24N4O4. The number of carbonyl (C=O) groups excluding carboxylic acids is 1. The maximum atomic E-state index is 12.6. The van der Waals surface area contributed by atoms with Crippen LogP contribution in [0.1, 0.15) is 22.6 Å². The summed E-state index contributed by atoms with van der Waals surface area (Å²) in [4.78, 5) is 21.2. The molecular weight excluding hydrogens is 336 g/mol. The number of benzene rings is 1. The van der Waals surface area contributed by atoms with Gasteiger partial charge in [-0.15, -0.1) is 0 Å². The second-order valence-electron chi connectivity index (χ2n) is 5.51. The standard InChI is InChI=1S/C18H24N4O4/c1-12-10-15(22-18(20-12)19-8-5-9-24-2)17(23)21-14-7-6-13(25-3)11-16(14)26-4/h6-7,10-11H,5,8-9H2,1-4H3,(H,21,23)(H,19,20,22). The van der Waals surface area contributed by atoms with Gasteiger partial charge in [0.2, 0.25) is 5.95 Å². The minimum atomic E-state index is -0.348. The van der Waals surface area contributed by atoms with E-state index in [1.165, 1.54) is 7.11 Å². The van der Waals surface area contributed by atoms with Crippen molar-refractivity contribution >= 4 is 17.5 Å². The molecule has 0 saturated carbocycles. The number of nitrogens with zero attached hydrogens (tertiary/aromatic N) is 2. The van der Waals surface area contributed by atoms with Crippen LogP contribution in [0.4, 0.5) is 11.6 Å². The molecule has 140 valence electrons. The monoisotopic (exact) mass is 360 g/mol. The highest BCUT2D eigenvalue weighted by molar-refractivity contribution is 6.04. The van der Waals surface area contributed by atoms with Gasteiger partial charge in [0.1, 0.15) is 17.2 Å². The van der Waals surface area contributed by atoms with Crippen molar-refractivity contribution in [3.63, 3.8) is 0 Å². The van der Waals surface area contributed by atoms with Crippen LogP contribution < -0.4 is 20.1 Å². The molecule has 0 bridgehead atoms. The molecule has 1 aromatic heterocycles. The number of aromatic nitrogens is 2. The summed E-state index contributed by atoms with van der Waals surface area (Å²) < 4.78 is 15.5. The molecule has 0 aliphatic rings. The first-order valence-corrected chi connectivity index (χ1v) is 8.19. The molecule has 0 aliphatic heterocycles. The third-order valence-corrected chi connectivity index (χ3v) is 3.55. The fourth-order valence-electron chi connectivity index (χ4n) is 2.27. The fraction of sp³-hybridized carbons (Fsp3) is 0.389. The van der Waals surface area contributed by atoms with Gasteiger partial charge >= 0.3 is 0 Å². The lowest BCUT2D eigenvalue weighted by Crippen LogP contribution is -2.17. The first-order valence-electron chi connectivity index (χ1n) is 8.19. The SMILES string of the molecule is COCCCNc1nc(C)cc(C(=O)Nc2ccc(OC)cc2OC)n1. The van der Waals surface area contributed by atoms with Crippen LogP contribution in [0, 0.1) is 6.92 Å². The van der Waals surface area contributed by atoms with Crippen LogP contribution in [0.3, 0.4) is 0 Å². The van der Waals surface area contributed by atoms with E-state index in [0.29, 0.717) is 42.0 Å². The summed E-state index contributed by atoms with van der Waals surface area (Å²) in [6.07, 6.45) is 0.818. The smallest absolute Gasteiger partial charge is 0.274 e. The van der Waals surface area contributed by atoms with E-state index < -0.39 is 0 Å². The minimum Gasteiger partial charge on any atom is -0.497 e. The molecule has 0 unspecified atom stereocenters. The summed E-state index contributed by atoms with van der Waals surface area (Å²) >= 11 is 0. The molecule has 0 atom stereocenters. The Morgan fingerprint density at radius 3 is 2.62 bits per heavy atom. The number of nitrogens with one attached hydrogen (secondary N) is 2. The lowest BCUT2D eigenvalue weighted by molar-refractivity contribution is 0.102. The minimum absolute atomic E-state index is 0.268. The third-order valence-electron chi connectivity index (χ3n) is 3.55. The highest BCUT2D eigenvalue weighted by Gasteiger charge is 2.14. The molecule has 1 aromatic carbocycles. The van der Waals surface area contributed by atoms with E-state index in [0.717, 1.165) is 6.42 Å². The molecule has 0 saturated heterocycles. The molecule has 26 heavy (non-hydrogen) atoms. The molecule has 1 heterocycles. The maximum absolute atomic E-state index is 12.6. The molecule has 0 spiro atoms. The number of rotatable bonds is 9. The Hall–Kier alpha value is -2.87. The van der Waals surface area contributed by atoms with E-state index in [1.54, 1.807) is 38.5 Å². The number of anilines is 2. The van der Waals surface area contributed by atoms with Crippen molar-refractivity contribution in [2.24, 2.45) is 0 Å². The number of carbonyl (C=O) groups is 1. The van der Waals surface area contributed by atoms with Crippen molar-refractivity contribution in [1.29, 1.82) is 0 Å². The number of ether oxygens (including phenoxy) is 3. The van der Waals surface area contributed by atoms with Gasteiger partial charge in [0.05, 0.1) is 19.9 Å². The first-order chi connectivity index (χ1) is 12.6. The van der Waals surface area contributed by atoms with Crippen LogP contribution in [-0.2, 0) is 4.74 Å². The van der Waals surface area contributed by atoms with Gasteiger partial charge in [0.15, 0.2) is 0 Å². The number of hydrogen-bond donors (Lipinski definition) is 2. The fourth-order valence-corrected chi connectivity index (χ4v) is 2.27. The van der Waals surface area contributed by atoms with Crippen molar-refractivity contribution in [3.8, 4) is 11.5 Å². The molecule has 8 heteroatoms. The van der Waals surface area contributed by atoms with Crippen molar-refractivity contribution in [2.45, 2.75) is 13.3 Å². The van der Waals surface area contributed by atoms with E-state index in [4.69, 9.17) is 14.2 Å². The average molecular weight is 360 g/mol. The van der Waals surface area contributed by atoms with Crippen molar-refractivity contribution in [3.05, 3.63) is 35.7 Å². The Balaban J connectivity index is 2.13. The Kier molecular flexibility index (Phi) is 7.16. The average Bonchev–Trinajstić information content (AvgIpc) is 2.65. The molecule has 0 fully saturated rings. The highest BCUT2D eigenvalue weighted by atomic mass is 16.5. The maximum Gasteiger partial charge on any atom is 0.274 e. The second kappa shape index (κ2) is 9.57. The number of methoxy groups -OCH3 is 3. The topological polar surface area (TPSA) is 94.6 Å². The summed E-state index contributed by atoms with van der Waals surface area (Å²) in [6.45, 7) is 3.11. The van der Waals surface area contributed by atoms with Crippen molar-refractivity contribution in [1.82, 2.24) is 9.97 Å². The van der Waals surface area contributed by atoms with Gasteiger partial charge in [-0.2, -0.15) is 0 Å². The van der Waals surface area contributed by atoms with E-state index in [-0.39, 0.29) is 11.6 Å². The van der Waals surface area contributed by atoms with Crippen LogP contribution in [0.25, 0.3) is 0 Å². The van der Waals surface area contributed by atoms with E-state index in [9.17, 15) is 4.79 Å². The molecule has 2 aromatic rings.